The Bertz CT molecular complexity index is 994. The first kappa shape index (κ1) is 9.36. The highest BCUT2D eigenvalue weighted by atomic mass is 35.5. The van der Waals surface area contributed by atoms with Gasteiger partial charge in [-0.15, -0.1) is 0 Å². The Hall–Kier alpha value is -2.16. The van der Waals surface area contributed by atoms with Crippen molar-refractivity contribution < 1.29 is 25.5 Å². The van der Waals surface area contributed by atoms with E-state index in [2.05, 4.69) is 25.3 Å². The molecule has 2 rings (SSSR count). The molecule has 2 aromatic heterocycles. The molecule has 0 aromatic carbocycles. The van der Waals surface area contributed by atoms with E-state index in [1.807, 2.05) is 0 Å². The molecular formula is C14H16ClF3N6. The van der Waals surface area contributed by atoms with Gasteiger partial charge < -0.3 is 10.6 Å². The SMILES string of the molecule is [2H]c1cc(-c2nc(N[C@@H](C)C([2H])([2H])[2H])nc(N[C@]([2H])(C([2H])([2H])[2H])C(F)(F)F)n2)nc(Cl)c1[2H]. The minimum Gasteiger partial charge on any atom is -0.352 e. The molecule has 0 aliphatic carbocycles. The molecule has 2 aromatic rings. The molecule has 130 valence electrons. The molecule has 24 heavy (non-hydrogen) atoms. The third kappa shape index (κ3) is 4.92. The third-order valence-electron chi connectivity index (χ3n) is 2.33. The average molecular weight is 370 g/mol. The van der Waals surface area contributed by atoms with E-state index in [9.17, 15) is 13.2 Å². The highest BCUT2D eigenvalue weighted by Crippen LogP contribution is 2.24. The number of nitrogens with zero attached hydrogens (tertiary/aromatic N) is 4. The summed E-state index contributed by atoms with van der Waals surface area (Å²) in [5, 5.41) is 3.32. The van der Waals surface area contributed by atoms with Crippen LogP contribution in [-0.4, -0.2) is 38.2 Å². The number of rotatable bonds is 5. The zero-order chi connectivity index (χ0) is 25.6. The lowest BCUT2D eigenvalue weighted by Crippen LogP contribution is -2.34. The monoisotopic (exact) mass is 369 g/mol. The number of anilines is 2. The zero-order valence-electron chi connectivity index (χ0n) is 21.0. The number of nitrogens with one attached hydrogen (secondary N) is 2. The van der Waals surface area contributed by atoms with Crippen molar-refractivity contribution in [1.82, 2.24) is 19.9 Å². The summed E-state index contributed by atoms with van der Waals surface area (Å²) in [6.45, 7) is -5.28. The molecule has 0 aliphatic rings. The fourth-order valence-corrected chi connectivity index (χ4v) is 1.58. The normalized spacial score (nSPS) is 22.0. The van der Waals surface area contributed by atoms with Crippen LogP contribution in [0.25, 0.3) is 11.5 Å². The number of halogens is 4. The molecule has 0 radical (unpaired) electrons. The van der Waals surface area contributed by atoms with Gasteiger partial charge in [0.2, 0.25) is 11.9 Å². The van der Waals surface area contributed by atoms with Gasteiger partial charge in [0, 0.05) is 14.3 Å². The molecule has 0 unspecified atom stereocenters. The van der Waals surface area contributed by atoms with Gasteiger partial charge in [-0.1, -0.05) is 17.6 Å². The maximum absolute atomic E-state index is 13.5. The minimum absolute atomic E-state index is 0.299. The molecule has 10 heteroatoms. The van der Waals surface area contributed by atoms with E-state index in [4.69, 9.17) is 23.9 Å². The summed E-state index contributed by atoms with van der Waals surface area (Å²) in [5.74, 6) is -2.15. The second-order valence-corrected chi connectivity index (χ2v) is 4.73. The van der Waals surface area contributed by atoms with Crippen LogP contribution in [0.5, 0.6) is 0 Å². The molecule has 0 spiro atoms. The lowest BCUT2D eigenvalue weighted by molar-refractivity contribution is -0.138. The summed E-state index contributed by atoms with van der Waals surface area (Å²) in [6, 6.07) is -5.45. The van der Waals surface area contributed by atoms with Crippen molar-refractivity contribution in [3.8, 4) is 11.5 Å². The smallest absolute Gasteiger partial charge is 0.352 e. The Kier molecular flexibility index (Phi) is 2.79. The average Bonchev–Trinajstić information content (AvgIpc) is 2.62. The van der Waals surface area contributed by atoms with Crippen LogP contribution in [0.1, 0.15) is 33.0 Å². The molecule has 2 heterocycles. The molecule has 0 bridgehead atoms. The van der Waals surface area contributed by atoms with Crippen LogP contribution in [0.4, 0.5) is 25.1 Å². The predicted molar refractivity (Wildman–Crippen MR) is 86.0 cm³/mol. The van der Waals surface area contributed by atoms with E-state index in [-0.39, 0.29) is 5.69 Å². The maximum atomic E-state index is 13.5. The largest absolute Gasteiger partial charge is 0.408 e. The fourth-order valence-electron chi connectivity index (χ4n) is 1.43. The molecule has 2 N–H and O–H groups in total. The fraction of sp³-hybridized carbons (Fsp3) is 0.429. The number of hydrogen-bond donors (Lipinski definition) is 2. The lowest BCUT2D eigenvalue weighted by atomic mass is 10.3. The van der Waals surface area contributed by atoms with Crippen molar-refractivity contribution in [3.05, 3.63) is 23.3 Å². The molecular weight excluding hydrogens is 345 g/mol. The van der Waals surface area contributed by atoms with Gasteiger partial charge >= 0.3 is 6.18 Å². The summed E-state index contributed by atoms with van der Waals surface area (Å²) in [6.07, 6.45) is -5.60. The van der Waals surface area contributed by atoms with Crippen molar-refractivity contribution in [2.24, 2.45) is 0 Å². The Balaban J connectivity index is 2.68. The number of pyridine rings is 1. The van der Waals surface area contributed by atoms with Gasteiger partial charge in [0.05, 0.1) is 4.11 Å². The van der Waals surface area contributed by atoms with Crippen LogP contribution >= 0.6 is 11.6 Å². The minimum atomic E-state index is -5.60. The first-order valence-corrected chi connectivity index (χ1v) is 6.65. The second kappa shape index (κ2) is 7.16. The van der Waals surface area contributed by atoms with Crippen molar-refractivity contribution >= 4 is 23.5 Å². The maximum Gasteiger partial charge on any atom is 0.408 e. The summed E-state index contributed by atoms with van der Waals surface area (Å²) >= 11 is 5.77. The summed E-state index contributed by atoms with van der Waals surface area (Å²) in [7, 11) is 0. The molecule has 0 fully saturated rings. The van der Waals surface area contributed by atoms with Gasteiger partial charge in [-0.05, 0) is 32.7 Å². The van der Waals surface area contributed by atoms with E-state index in [1.165, 1.54) is 12.2 Å². The Morgan fingerprint density at radius 1 is 1.21 bits per heavy atom. The molecule has 0 amide bonds. The number of alkyl halides is 3. The molecule has 2 atom stereocenters. The van der Waals surface area contributed by atoms with Crippen molar-refractivity contribution in [2.75, 3.05) is 10.6 Å². The summed E-state index contributed by atoms with van der Waals surface area (Å²) < 4.78 is 107. The standard InChI is InChI=1S/C14H16ClF3N6/c1-7(2)19-12-22-11(9-5-4-6-10(15)21-9)23-13(24-12)20-8(3)14(16,17)18/h4-8H,1-3H3,(H2,19,20,22,23,24)/t8-/m1/s1/i1D3,3D3,4D,6D,8D/t7-,8-. The van der Waals surface area contributed by atoms with E-state index in [1.54, 1.807) is 0 Å². The van der Waals surface area contributed by atoms with Crippen LogP contribution in [0.15, 0.2) is 18.2 Å². The molecule has 0 aliphatic heterocycles. The van der Waals surface area contributed by atoms with Crippen LogP contribution in [0.3, 0.4) is 0 Å². The Morgan fingerprint density at radius 3 is 2.50 bits per heavy atom. The van der Waals surface area contributed by atoms with E-state index in [0.29, 0.717) is 0 Å². The molecule has 0 saturated heterocycles. The predicted octanol–water partition coefficient (Wildman–Crippen LogP) is 3.77. The van der Waals surface area contributed by atoms with Crippen molar-refractivity contribution in [2.45, 2.75) is 38.9 Å². The quantitative estimate of drug-likeness (QED) is 0.781. The van der Waals surface area contributed by atoms with Gasteiger partial charge in [-0.2, -0.15) is 28.1 Å². The summed E-state index contributed by atoms with van der Waals surface area (Å²) in [5.41, 5.74) is -0.299. The zero-order valence-corrected chi connectivity index (χ0v) is 12.7. The van der Waals surface area contributed by atoms with Gasteiger partial charge in [-0.25, -0.2) is 4.98 Å². The Morgan fingerprint density at radius 2 is 1.92 bits per heavy atom. The van der Waals surface area contributed by atoms with Gasteiger partial charge in [-0.3, -0.25) is 0 Å². The first-order chi connectivity index (χ1) is 14.8. The van der Waals surface area contributed by atoms with Crippen LogP contribution in [-0.2, 0) is 0 Å². The highest BCUT2D eigenvalue weighted by molar-refractivity contribution is 6.29. The van der Waals surface area contributed by atoms with Crippen molar-refractivity contribution in [1.29, 1.82) is 0 Å². The summed E-state index contributed by atoms with van der Waals surface area (Å²) in [4.78, 5) is 14.8. The first-order valence-electron chi connectivity index (χ1n) is 10.8. The van der Waals surface area contributed by atoms with Gasteiger partial charge in [0.25, 0.3) is 0 Å². The molecule has 0 saturated carbocycles. The Labute approximate surface area is 154 Å². The van der Waals surface area contributed by atoms with E-state index in [0.717, 1.165) is 6.07 Å². The number of aromatic nitrogens is 4. The lowest BCUT2D eigenvalue weighted by Gasteiger charge is -2.18. The second-order valence-electron chi connectivity index (χ2n) is 4.37. The number of hydrogen-bond acceptors (Lipinski definition) is 6. The van der Waals surface area contributed by atoms with E-state index >= 15 is 0 Å². The van der Waals surface area contributed by atoms with Crippen LogP contribution in [0, 0.1) is 0 Å². The third-order valence-corrected chi connectivity index (χ3v) is 2.51. The van der Waals surface area contributed by atoms with Crippen LogP contribution < -0.4 is 10.6 Å². The van der Waals surface area contributed by atoms with E-state index < -0.39 is 66.9 Å². The topological polar surface area (TPSA) is 75.6 Å². The van der Waals surface area contributed by atoms with Crippen LogP contribution in [0.2, 0.25) is 5.15 Å². The van der Waals surface area contributed by atoms with Crippen molar-refractivity contribution in [3.63, 3.8) is 0 Å². The van der Waals surface area contributed by atoms with Gasteiger partial charge in [0.15, 0.2) is 5.82 Å². The highest BCUT2D eigenvalue weighted by Gasteiger charge is 2.36. The molecule has 6 nitrogen and oxygen atoms in total. The van der Waals surface area contributed by atoms with Gasteiger partial charge in [0.1, 0.15) is 16.9 Å².